The average Bonchev–Trinajstić information content (AvgIpc) is 3.36. The van der Waals surface area contributed by atoms with Crippen LogP contribution >= 0.6 is 11.3 Å². The summed E-state index contributed by atoms with van der Waals surface area (Å²) in [5.41, 5.74) is 2.29. The Bertz CT molecular complexity index is 820. The molecule has 3 heterocycles. The highest BCUT2D eigenvalue weighted by Gasteiger charge is 2.23. The normalized spacial score (nSPS) is 17.1. The predicted octanol–water partition coefficient (Wildman–Crippen LogP) is 2.69. The summed E-state index contributed by atoms with van der Waals surface area (Å²) in [5, 5.41) is 13.0. The molecule has 5 nitrogen and oxygen atoms in total. The molecule has 24 heavy (non-hydrogen) atoms. The molecule has 1 fully saturated rings. The van der Waals surface area contributed by atoms with Gasteiger partial charge in [0.15, 0.2) is 0 Å². The van der Waals surface area contributed by atoms with E-state index in [1.54, 1.807) is 16.0 Å². The lowest BCUT2D eigenvalue weighted by Crippen LogP contribution is -2.36. The first-order valence-electron chi connectivity index (χ1n) is 8.02. The Labute approximate surface area is 144 Å². The minimum absolute atomic E-state index is 0.0609. The smallest absolute Gasteiger partial charge is 0.255 e. The molecule has 1 aromatic carbocycles. The number of para-hydroxylation sites is 1. The molecule has 1 amide bonds. The molecule has 122 valence electrons. The third kappa shape index (κ3) is 2.98. The summed E-state index contributed by atoms with van der Waals surface area (Å²) in [7, 11) is 0. The molecule has 6 heteroatoms. The molecule has 0 radical (unpaired) electrons. The summed E-state index contributed by atoms with van der Waals surface area (Å²) in [6.07, 6.45) is 2.79. The molecule has 0 aliphatic carbocycles. The van der Waals surface area contributed by atoms with Crippen LogP contribution in [-0.4, -0.2) is 34.8 Å². The summed E-state index contributed by atoms with van der Waals surface area (Å²) < 4.78 is 1.77. The lowest BCUT2D eigenvalue weighted by Gasteiger charge is -2.10. The largest absolute Gasteiger partial charge is 0.348 e. The van der Waals surface area contributed by atoms with Gasteiger partial charge in [-0.2, -0.15) is 5.10 Å². The Hall–Kier alpha value is -2.44. The summed E-state index contributed by atoms with van der Waals surface area (Å²) in [5.74, 6) is -0.0609. The third-order valence-electron chi connectivity index (χ3n) is 4.13. The zero-order chi connectivity index (χ0) is 16.4. The van der Waals surface area contributed by atoms with Crippen molar-refractivity contribution in [3.8, 4) is 16.3 Å². The molecule has 0 saturated carbocycles. The van der Waals surface area contributed by atoms with E-state index in [1.165, 1.54) is 0 Å². The number of thiophene rings is 1. The van der Waals surface area contributed by atoms with E-state index in [0.29, 0.717) is 5.56 Å². The van der Waals surface area contributed by atoms with Crippen LogP contribution in [0.2, 0.25) is 0 Å². The standard InChI is InChI=1S/C18H18N4OS/c23-18(20-13-8-9-19-11-13)15-12-22(14-5-2-1-3-6-14)21-17(15)16-7-4-10-24-16/h1-7,10,12-13,19H,8-9,11H2,(H,20,23). The van der Waals surface area contributed by atoms with Gasteiger partial charge in [0.1, 0.15) is 5.69 Å². The first-order chi connectivity index (χ1) is 11.8. The van der Waals surface area contributed by atoms with Crippen molar-refractivity contribution >= 4 is 17.2 Å². The second-order valence-corrected chi connectivity index (χ2v) is 6.76. The molecule has 1 aliphatic heterocycles. The molecule has 2 N–H and O–H groups in total. The average molecular weight is 338 g/mol. The van der Waals surface area contributed by atoms with Crippen LogP contribution < -0.4 is 10.6 Å². The van der Waals surface area contributed by atoms with Crippen LogP contribution in [0.3, 0.4) is 0 Å². The van der Waals surface area contributed by atoms with Gasteiger partial charge >= 0.3 is 0 Å². The second kappa shape index (κ2) is 6.59. The van der Waals surface area contributed by atoms with Gasteiger partial charge in [-0.1, -0.05) is 24.3 Å². The maximum Gasteiger partial charge on any atom is 0.255 e. The van der Waals surface area contributed by atoms with Gasteiger partial charge in [-0.05, 0) is 36.5 Å². The Kier molecular flexibility index (Phi) is 4.15. The first-order valence-corrected chi connectivity index (χ1v) is 8.90. The van der Waals surface area contributed by atoms with Crippen LogP contribution in [-0.2, 0) is 0 Å². The van der Waals surface area contributed by atoms with E-state index in [4.69, 9.17) is 0 Å². The lowest BCUT2D eigenvalue weighted by molar-refractivity contribution is 0.0940. The highest BCUT2D eigenvalue weighted by molar-refractivity contribution is 7.13. The fourth-order valence-corrected chi connectivity index (χ4v) is 3.61. The molecule has 3 aromatic rings. The predicted molar refractivity (Wildman–Crippen MR) is 95.6 cm³/mol. The Balaban J connectivity index is 1.71. The van der Waals surface area contributed by atoms with E-state index in [0.717, 1.165) is 35.8 Å². The zero-order valence-corrected chi connectivity index (χ0v) is 13.9. The van der Waals surface area contributed by atoms with E-state index < -0.39 is 0 Å². The molecule has 1 aliphatic rings. The van der Waals surface area contributed by atoms with Crippen LogP contribution in [0.1, 0.15) is 16.8 Å². The van der Waals surface area contributed by atoms with Crippen LogP contribution in [0, 0.1) is 0 Å². The maximum absolute atomic E-state index is 12.8. The van der Waals surface area contributed by atoms with Gasteiger partial charge in [0.2, 0.25) is 0 Å². The minimum atomic E-state index is -0.0609. The number of benzene rings is 1. The highest BCUT2D eigenvalue weighted by atomic mass is 32.1. The monoisotopic (exact) mass is 338 g/mol. The molecule has 0 bridgehead atoms. The third-order valence-corrected chi connectivity index (χ3v) is 5.01. The van der Waals surface area contributed by atoms with Gasteiger partial charge < -0.3 is 10.6 Å². The number of carbonyl (C=O) groups is 1. The van der Waals surface area contributed by atoms with Gasteiger partial charge in [-0.25, -0.2) is 4.68 Å². The molecule has 4 rings (SSSR count). The summed E-state index contributed by atoms with van der Waals surface area (Å²) in [6, 6.07) is 14.0. The molecule has 1 saturated heterocycles. The van der Waals surface area contributed by atoms with Crippen molar-refractivity contribution in [2.75, 3.05) is 13.1 Å². The van der Waals surface area contributed by atoms with Gasteiger partial charge in [-0.15, -0.1) is 11.3 Å². The van der Waals surface area contributed by atoms with Crippen molar-refractivity contribution in [1.29, 1.82) is 0 Å². The van der Waals surface area contributed by atoms with Gasteiger partial charge in [-0.3, -0.25) is 4.79 Å². The van der Waals surface area contributed by atoms with E-state index in [2.05, 4.69) is 15.7 Å². The van der Waals surface area contributed by atoms with Crippen molar-refractivity contribution < 1.29 is 4.79 Å². The fourth-order valence-electron chi connectivity index (χ4n) is 2.89. The molecule has 0 spiro atoms. The van der Waals surface area contributed by atoms with E-state index >= 15 is 0 Å². The van der Waals surface area contributed by atoms with Crippen molar-refractivity contribution in [3.63, 3.8) is 0 Å². The second-order valence-electron chi connectivity index (χ2n) is 5.81. The molecular formula is C18H18N4OS. The van der Waals surface area contributed by atoms with Crippen LogP contribution in [0.25, 0.3) is 16.3 Å². The Morgan fingerprint density at radius 2 is 2.12 bits per heavy atom. The van der Waals surface area contributed by atoms with E-state index in [9.17, 15) is 4.79 Å². The van der Waals surface area contributed by atoms with Gasteiger partial charge in [0.05, 0.1) is 16.1 Å². The first kappa shape index (κ1) is 15.1. The van der Waals surface area contributed by atoms with Crippen molar-refractivity contribution in [2.45, 2.75) is 12.5 Å². The number of hydrogen-bond acceptors (Lipinski definition) is 4. The molecule has 1 atom stereocenters. The SMILES string of the molecule is O=C(NC1CCNC1)c1cn(-c2ccccc2)nc1-c1cccs1. The Morgan fingerprint density at radius 3 is 2.83 bits per heavy atom. The van der Waals surface area contributed by atoms with Crippen molar-refractivity contribution in [3.05, 3.63) is 59.6 Å². The minimum Gasteiger partial charge on any atom is -0.348 e. The summed E-state index contributed by atoms with van der Waals surface area (Å²) in [4.78, 5) is 13.8. The zero-order valence-electron chi connectivity index (χ0n) is 13.1. The van der Waals surface area contributed by atoms with Crippen molar-refractivity contribution in [2.24, 2.45) is 0 Å². The van der Waals surface area contributed by atoms with Gasteiger partial charge in [0.25, 0.3) is 5.91 Å². The van der Waals surface area contributed by atoms with Crippen LogP contribution in [0.5, 0.6) is 0 Å². The number of aromatic nitrogens is 2. The quantitative estimate of drug-likeness (QED) is 0.769. The molecule has 2 aromatic heterocycles. The van der Waals surface area contributed by atoms with Crippen LogP contribution in [0.15, 0.2) is 54.0 Å². The fraction of sp³-hybridized carbons (Fsp3) is 0.222. The summed E-state index contributed by atoms with van der Waals surface area (Å²) >= 11 is 1.59. The van der Waals surface area contributed by atoms with Crippen molar-refractivity contribution in [1.82, 2.24) is 20.4 Å². The molecular weight excluding hydrogens is 320 g/mol. The number of amides is 1. The molecule has 1 unspecified atom stereocenters. The summed E-state index contributed by atoms with van der Waals surface area (Å²) in [6.45, 7) is 1.78. The Morgan fingerprint density at radius 1 is 1.25 bits per heavy atom. The van der Waals surface area contributed by atoms with E-state index in [1.807, 2.05) is 54.0 Å². The van der Waals surface area contributed by atoms with Crippen LogP contribution in [0.4, 0.5) is 0 Å². The number of carbonyl (C=O) groups excluding carboxylic acids is 1. The number of nitrogens with zero attached hydrogens (tertiary/aromatic N) is 2. The topological polar surface area (TPSA) is 59.0 Å². The highest BCUT2D eigenvalue weighted by Crippen LogP contribution is 2.27. The maximum atomic E-state index is 12.8. The van der Waals surface area contributed by atoms with E-state index in [-0.39, 0.29) is 11.9 Å². The lowest BCUT2D eigenvalue weighted by atomic mass is 10.2. The van der Waals surface area contributed by atoms with Gasteiger partial charge in [0, 0.05) is 18.8 Å². The number of hydrogen-bond donors (Lipinski definition) is 2. The number of nitrogens with one attached hydrogen (secondary N) is 2. The number of rotatable bonds is 4.